The van der Waals surface area contributed by atoms with Gasteiger partial charge in [0.15, 0.2) is 0 Å². The van der Waals surface area contributed by atoms with Crippen molar-refractivity contribution in [2.45, 2.75) is 31.5 Å². The van der Waals surface area contributed by atoms with Crippen LogP contribution in [-0.2, 0) is 0 Å². The molecule has 0 aromatic heterocycles. The maximum absolute atomic E-state index is 9.65. The predicted molar refractivity (Wildman–Crippen MR) is 66.1 cm³/mol. The van der Waals surface area contributed by atoms with Crippen molar-refractivity contribution in [3.05, 3.63) is 27.1 Å². The van der Waals surface area contributed by atoms with Crippen molar-refractivity contribution < 1.29 is 9.84 Å². The highest BCUT2D eigenvalue weighted by molar-refractivity contribution is 9.11. The number of ether oxygens (including phenoxy) is 1. The van der Waals surface area contributed by atoms with E-state index < -0.39 is 0 Å². The fourth-order valence-electron chi connectivity index (χ4n) is 1.78. The van der Waals surface area contributed by atoms with E-state index in [4.69, 9.17) is 4.74 Å². The minimum Gasteiger partial charge on any atom is -0.487 e. The van der Waals surface area contributed by atoms with Gasteiger partial charge in [0, 0.05) is 4.47 Å². The van der Waals surface area contributed by atoms with Crippen molar-refractivity contribution in [2.75, 3.05) is 0 Å². The molecule has 2 atom stereocenters. The van der Waals surface area contributed by atoms with Crippen LogP contribution in [0.2, 0.25) is 0 Å². The molecule has 2 nitrogen and oxygen atoms in total. The van der Waals surface area contributed by atoms with E-state index in [2.05, 4.69) is 31.9 Å². The summed E-state index contributed by atoms with van der Waals surface area (Å²) in [6, 6.07) is 5.78. The maximum atomic E-state index is 9.65. The molecule has 1 aromatic carbocycles. The molecule has 2 unspecified atom stereocenters. The zero-order valence-corrected chi connectivity index (χ0v) is 11.3. The smallest absolute Gasteiger partial charge is 0.134 e. The summed E-state index contributed by atoms with van der Waals surface area (Å²) in [7, 11) is 0. The lowest BCUT2D eigenvalue weighted by Crippen LogP contribution is -2.25. The minimum atomic E-state index is -0.319. The molecule has 0 saturated heterocycles. The van der Waals surface area contributed by atoms with Crippen LogP contribution < -0.4 is 4.74 Å². The molecule has 1 saturated carbocycles. The first kappa shape index (κ1) is 11.4. The molecular weight excluding hydrogens is 324 g/mol. The Balaban J connectivity index is 2.10. The summed E-state index contributed by atoms with van der Waals surface area (Å²) < 4.78 is 7.68. The van der Waals surface area contributed by atoms with E-state index in [0.717, 1.165) is 34.0 Å². The summed E-state index contributed by atoms with van der Waals surface area (Å²) >= 11 is 6.82. The number of benzene rings is 1. The quantitative estimate of drug-likeness (QED) is 0.896. The van der Waals surface area contributed by atoms with Crippen molar-refractivity contribution in [3.8, 4) is 5.75 Å². The van der Waals surface area contributed by atoms with Crippen molar-refractivity contribution in [3.63, 3.8) is 0 Å². The van der Waals surface area contributed by atoms with E-state index in [9.17, 15) is 5.11 Å². The molecule has 0 heterocycles. The van der Waals surface area contributed by atoms with Crippen LogP contribution in [0, 0.1) is 0 Å². The summed E-state index contributed by atoms with van der Waals surface area (Å²) in [6.07, 6.45) is 2.45. The first-order valence-corrected chi connectivity index (χ1v) is 6.55. The highest BCUT2D eigenvalue weighted by Gasteiger charge is 2.27. The summed E-state index contributed by atoms with van der Waals surface area (Å²) in [4.78, 5) is 0. The van der Waals surface area contributed by atoms with Gasteiger partial charge in [0.25, 0.3) is 0 Å². The van der Waals surface area contributed by atoms with Crippen LogP contribution in [0.5, 0.6) is 5.75 Å². The van der Waals surface area contributed by atoms with Crippen LogP contribution in [0.1, 0.15) is 19.3 Å². The molecule has 0 radical (unpaired) electrons. The second-order valence-corrected chi connectivity index (χ2v) is 5.50. The largest absolute Gasteiger partial charge is 0.487 e. The Kier molecular flexibility index (Phi) is 3.69. The molecule has 15 heavy (non-hydrogen) atoms. The molecule has 1 aromatic rings. The van der Waals surface area contributed by atoms with E-state index >= 15 is 0 Å². The predicted octanol–water partition coefficient (Wildman–Crippen LogP) is 3.50. The van der Waals surface area contributed by atoms with Gasteiger partial charge in [0.1, 0.15) is 11.9 Å². The van der Waals surface area contributed by atoms with Crippen LogP contribution in [0.25, 0.3) is 0 Å². The molecule has 1 aliphatic rings. The third-order valence-electron chi connectivity index (χ3n) is 2.59. The van der Waals surface area contributed by atoms with E-state index in [-0.39, 0.29) is 12.2 Å². The topological polar surface area (TPSA) is 29.5 Å². The van der Waals surface area contributed by atoms with Crippen LogP contribution in [-0.4, -0.2) is 17.3 Å². The minimum absolute atomic E-state index is 0.0533. The molecule has 2 rings (SSSR count). The highest BCUT2D eigenvalue weighted by atomic mass is 79.9. The Hall–Kier alpha value is -0.0600. The lowest BCUT2D eigenvalue weighted by molar-refractivity contribution is 0.0599. The summed E-state index contributed by atoms with van der Waals surface area (Å²) in [5.41, 5.74) is 0. The maximum Gasteiger partial charge on any atom is 0.134 e. The number of aliphatic hydroxyl groups is 1. The van der Waals surface area contributed by atoms with Gasteiger partial charge in [-0.25, -0.2) is 0 Å². The SMILES string of the molecule is OC1CCCC1Oc1ccc(Br)cc1Br. The van der Waals surface area contributed by atoms with Crippen LogP contribution >= 0.6 is 31.9 Å². The van der Waals surface area contributed by atoms with Gasteiger partial charge in [-0.1, -0.05) is 15.9 Å². The van der Waals surface area contributed by atoms with Gasteiger partial charge >= 0.3 is 0 Å². The molecular formula is C11H12Br2O2. The zero-order valence-electron chi connectivity index (χ0n) is 8.12. The van der Waals surface area contributed by atoms with E-state index in [1.54, 1.807) is 0 Å². The van der Waals surface area contributed by atoms with Crippen LogP contribution in [0.15, 0.2) is 27.1 Å². The van der Waals surface area contributed by atoms with E-state index in [1.165, 1.54) is 0 Å². The molecule has 1 N–H and O–H groups in total. The Morgan fingerprint density at radius 2 is 2.07 bits per heavy atom. The van der Waals surface area contributed by atoms with Crippen LogP contribution in [0.3, 0.4) is 0 Å². The Morgan fingerprint density at radius 3 is 2.67 bits per heavy atom. The second kappa shape index (κ2) is 4.85. The van der Waals surface area contributed by atoms with E-state index in [0.29, 0.717) is 0 Å². The van der Waals surface area contributed by atoms with Gasteiger partial charge in [0.05, 0.1) is 10.6 Å². The van der Waals surface area contributed by atoms with Gasteiger partial charge in [0.2, 0.25) is 0 Å². The van der Waals surface area contributed by atoms with Gasteiger partial charge in [-0.05, 0) is 53.4 Å². The molecule has 1 fully saturated rings. The normalized spacial score (nSPS) is 25.5. The zero-order chi connectivity index (χ0) is 10.8. The number of halogens is 2. The second-order valence-electron chi connectivity index (χ2n) is 3.73. The fourth-order valence-corrected chi connectivity index (χ4v) is 2.92. The molecule has 0 bridgehead atoms. The molecule has 4 heteroatoms. The fraction of sp³-hybridized carbons (Fsp3) is 0.455. The molecule has 0 spiro atoms. The average molecular weight is 336 g/mol. The van der Waals surface area contributed by atoms with Gasteiger partial charge in [-0.2, -0.15) is 0 Å². The number of rotatable bonds is 2. The Morgan fingerprint density at radius 1 is 1.27 bits per heavy atom. The Bertz CT molecular complexity index is 354. The van der Waals surface area contributed by atoms with E-state index in [1.807, 2.05) is 18.2 Å². The third kappa shape index (κ3) is 2.74. The molecule has 82 valence electrons. The van der Waals surface area contributed by atoms with Gasteiger partial charge in [-0.3, -0.25) is 0 Å². The number of hydrogen-bond acceptors (Lipinski definition) is 2. The lowest BCUT2D eigenvalue weighted by atomic mass is 10.2. The molecule has 0 amide bonds. The van der Waals surface area contributed by atoms with Crippen molar-refractivity contribution in [1.82, 2.24) is 0 Å². The van der Waals surface area contributed by atoms with Crippen molar-refractivity contribution in [1.29, 1.82) is 0 Å². The van der Waals surface area contributed by atoms with Gasteiger partial charge < -0.3 is 9.84 Å². The highest BCUT2D eigenvalue weighted by Crippen LogP contribution is 2.32. The third-order valence-corrected chi connectivity index (χ3v) is 3.70. The molecule has 0 aliphatic heterocycles. The Labute approximate surface area is 106 Å². The first-order chi connectivity index (χ1) is 7.16. The average Bonchev–Trinajstić information content (AvgIpc) is 2.57. The number of hydrogen-bond donors (Lipinski definition) is 1. The van der Waals surface area contributed by atoms with Crippen molar-refractivity contribution in [2.24, 2.45) is 0 Å². The lowest BCUT2D eigenvalue weighted by Gasteiger charge is -2.18. The molecule has 1 aliphatic carbocycles. The summed E-state index contributed by atoms with van der Waals surface area (Å²) in [6.45, 7) is 0. The standard InChI is InChI=1S/C11H12Br2O2/c12-7-4-5-10(8(13)6-7)15-11-3-1-2-9(11)14/h4-6,9,11,14H,1-3H2. The van der Waals surface area contributed by atoms with Crippen molar-refractivity contribution >= 4 is 31.9 Å². The number of aliphatic hydroxyl groups excluding tert-OH is 1. The summed E-state index contributed by atoms with van der Waals surface area (Å²) in [5, 5.41) is 9.65. The first-order valence-electron chi connectivity index (χ1n) is 4.96. The monoisotopic (exact) mass is 334 g/mol. The van der Waals surface area contributed by atoms with Gasteiger partial charge in [-0.15, -0.1) is 0 Å². The van der Waals surface area contributed by atoms with Crippen LogP contribution in [0.4, 0.5) is 0 Å². The summed E-state index contributed by atoms with van der Waals surface area (Å²) in [5.74, 6) is 0.796.